The maximum atomic E-state index is 14.5. The van der Waals surface area contributed by atoms with Gasteiger partial charge in [0.25, 0.3) is 6.02 Å². The number of amidine groups is 1. The highest BCUT2D eigenvalue weighted by molar-refractivity contribution is 5.75. The molecule has 180 valence electrons. The minimum absolute atomic E-state index is 0.0379. The number of aliphatic hydroxyl groups is 1. The molecule has 3 heterocycles. The molecule has 1 N–H and O–H groups in total. The molecule has 2 aliphatic heterocycles. The molecule has 7 nitrogen and oxygen atoms in total. The van der Waals surface area contributed by atoms with Gasteiger partial charge in [-0.25, -0.2) is 13.8 Å². The monoisotopic (exact) mass is 470 g/mol. The van der Waals surface area contributed by atoms with Crippen molar-refractivity contribution in [3.05, 3.63) is 47.2 Å². The van der Waals surface area contributed by atoms with Gasteiger partial charge in [-0.2, -0.15) is 10.2 Å². The standard InChI is InChI=1S/C25H28F2N4O3/c1-24(2)16-6-7-25(24,20-11-31(8-9-33-20)23-28-14(12-32)13-34-23)22-15(16)10-19(29-30-22)21-17(26)4-3-5-18(21)27/h3-5,10,14,16,20,32H,6-9,11-13H2,1-2H3. The predicted molar refractivity (Wildman–Crippen MR) is 120 cm³/mol. The highest BCUT2D eigenvalue weighted by Gasteiger charge is 2.67. The van der Waals surface area contributed by atoms with Gasteiger partial charge in [0.05, 0.1) is 36.3 Å². The molecule has 0 spiro atoms. The van der Waals surface area contributed by atoms with Crippen molar-refractivity contribution in [2.75, 3.05) is 32.9 Å². The van der Waals surface area contributed by atoms with Gasteiger partial charge in [-0.1, -0.05) is 19.9 Å². The van der Waals surface area contributed by atoms with Crippen LogP contribution >= 0.6 is 0 Å². The number of morpholine rings is 1. The first kappa shape index (κ1) is 21.9. The average Bonchev–Trinajstić information content (AvgIpc) is 3.47. The van der Waals surface area contributed by atoms with Crippen LogP contribution in [0.5, 0.6) is 0 Å². The molecule has 2 fully saturated rings. The fourth-order valence-corrected chi connectivity index (χ4v) is 6.73. The van der Waals surface area contributed by atoms with Crippen LogP contribution in [-0.2, 0) is 14.9 Å². The highest BCUT2D eigenvalue weighted by Crippen LogP contribution is 2.69. The van der Waals surface area contributed by atoms with Crippen LogP contribution < -0.4 is 0 Å². The maximum Gasteiger partial charge on any atom is 0.288 e. The molecule has 1 aromatic carbocycles. The van der Waals surface area contributed by atoms with Gasteiger partial charge < -0.3 is 19.5 Å². The topological polar surface area (TPSA) is 80.1 Å². The molecule has 6 rings (SSSR count). The van der Waals surface area contributed by atoms with E-state index in [9.17, 15) is 13.9 Å². The van der Waals surface area contributed by atoms with E-state index >= 15 is 0 Å². The minimum Gasteiger partial charge on any atom is -0.463 e. The van der Waals surface area contributed by atoms with Crippen molar-refractivity contribution < 1.29 is 23.4 Å². The van der Waals surface area contributed by atoms with Crippen LogP contribution in [0.2, 0.25) is 0 Å². The molecule has 34 heavy (non-hydrogen) atoms. The zero-order chi connectivity index (χ0) is 23.7. The van der Waals surface area contributed by atoms with E-state index in [-0.39, 0.29) is 46.8 Å². The molecule has 2 aliphatic carbocycles. The zero-order valence-corrected chi connectivity index (χ0v) is 19.3. The third-order valence-electron chi connectivity index (χ3n) is 8.48. The summed E-state index contributed by atoms with van der Waals surface area (Å²) in [5, 5.41) is 18.3. The first-order valence-corrected chi connectivity index (χ1v) is 11.9. The average molecular weight is 471 g/mol. The number of aliphatic hydroxyl groups excluding tert-OH is 1. The molecular weight excluding hydrogens is 442 g/mol. The summed E-state index contributed by atoms with van der Waals surface area (Å²) in [5.41, 5.74) is 1.43. The Balaban J connectivity index is 1.39. The van der Waals surface area contributed by atoms with E-state index < -0.39 is 11.6 Å². The quantitative estimate of drug-likeness (QED) is 0.743. The number of aliphatic imine (C=N–C) groups is 1. The summed E-state index contributed by atoms with van der Waals surface area (Å²) in [5.74, 6) is -1.09. The van der Waals surface area contributed by atoms with Crippen molar-refractivity contribution in [3.8, 4) is 11.3 Å². The number of nitrogens with zero attached hydrogens (tertiary/aromatic N) is 4. The Morgan fingerprint density at radius 1 is 1.21 bits per heavy atom. The number of halogens is 2. The normalized spacial score (nSPS) is 31.4. The third kappa shape index (κ3) is 2.89. The van der Waals surface area contributed by atoms with Crippen molar-refractivity contribution in [2.24, 2.45) is 10.4 Å². The number of hydrogen-bond acceptors (Lipinski definition) is 7. The van der Waals surface area contributed by atoms with E-state index in [2.05, 4.69) is 33.9 Å². The Morgan fingerprint density at radius 2 is 2.00 bits per heavy atom. The van der Waals surface area contributed by atoms with Gasteiger partial charge in [0.15, 0.2) is 0 Å². The van der Waals surface area contributed by atoms with Gasteiger partial charge in [-0.05, 0) is 47.9 Å². The van der Waals surface area contributed by atoms with E-state index in [0.29, 0.717) is 32.3 Å². The highest BCUT2D eigenvalue weighted by atomic mass is 19.1. The number of ether oxygens (including phenoxy) is 2. The smallest absolute Gasteiger partial charge is 0.288 e. The molecule has 9 heteroatoms. The lowest BCUT2D eigenvalue weighted by molar-refractivity contribution is -0.0810. The number of aromatic nitrogens is 2. The number of fused-ring (bicyclic) bond motifs is 5. The molecule has 1 saturated carbocycles. The van der Waals surface area contributed by atoms with Crippen LogP contribution in [-0.4, -0.2) is 71.3 Å². The van der Waals surface area contributed by atoms with Gasteiger partial charge in [-0.15, -0.1) is 0 Å². The second kappa shape index (κ2) is 7.68. The zero-order valence-electron chi connectivity index (χ0n) is 19.3. The van der Waals surface area contributed by atoms with Crippen molar-refractivity contribution in [1.29, 1.82) is 0 Å². The van der Waals surface area contributed by atoms with Crippen LogP contribution in [0.25, 0.3) is 11.3 Å². The molecule has 1 aromatic heterocycles. The lowest BCUT2D eigenvalue weighted by atomic mass is 9.64. The van der Waals surface area contributed by atoms with Gasteiger partial charge in [0, 0.05) is 18.5 Å². The molecular formula is C25H28F2N4O3. The molecule has 2 aromatic rings. The Hall–Kier alpha value is -2.65. The lowest BCUT2D eigenvalue weighted by Gasteiger charge is -2.47. The van der Waals surface area contributed by atoms with E-state index in [1.54, 1.807) is 0 Å². The molecule has 2 bridgehead atoms. The predicted octanol–water partition coefficient (Wildman–Crippen LogP) is 3.02. The van der Waals surface area contributed by atoms with E-state index in [1.165, 1.54) is 18.2 Å². The molecule has 4 atom stereocenters. The van der Waals surface area contributed by atoms with Gasteiger partial charge >= 0.3 is 0 Å². The first-order chi connectivity index (χ1) is 16.4. The SMILES string of the molecule is CC1(C)C2CCC1(C1CN(C3=NC(CO)CO3)CCO1)c1nnc(-c3c(F)cccc3F)cc12. The second-order valence-corrected chi connectivity index (χ2v) is 10.3. The molecule has 4 aliphatic rings. The van der Waals surface area contributed by atoms with Crippen molar-refractivity contribution in [2.45, 2.75) is 50.2 Å². The summed E-state index contributed by atoms with van der Waals surface area (Å²) in [4.78, 5) is 6.60. The van der Waals surface area contributed by atoms with E-state index in [1.807, 2.05) is 6.07 Å². The summed E-state index contributed by atoms with van der Waals surface area (Å²) < 4.78 is 41.1. The van der Waals surface area contributed by atoms with Crippen LogP contribution in [0, 0.1) is 17.0 Å². The minimum atomic E-state index is -0.642. The number of hydrogen-bond donors (Lipinski definition) is 1. The van der Waals surface area contributed by atoms with Gasteiger partial charge in [0.1, 0.15) is 24.3 Å². The summed E-state index contributed by atoms with van der Waals surface area (Å²) in [6.45, 7) is 6.61. The Kier molecular flexibility index (Phi) is 4.94. The van der Waals surface area contributed by atoms with E-state index in [0.717, 1.165) is 24.1 Å². The largest absolute Gasteiger partial charge is 0.463 e. The second-order valence-electron chi connectivity index (χ2n) is 10.3. The van der Waals surface area contributed by atoms with Gasteiger partial charge in [-0.3, -0.25) is 0 Å². The lowest BCUT2D eigenvalue weighted by Crippen LogP contribution is -2.57. The Morgan fingerprint density at radius 3 is 2.74 bits per heavy atom. The first-order valence-electron chi connectivity index (χ1n) is 11.9. The Bertz CT molecular complexity index is 1150. The maximum absolute atomic E-state index is 14.5. The summed E-state index contributed by atoms with van der Waals surface area (Å²) in [7, 11) is 0. The Labute approximate surface area is 196 Å². The van der Waals surface area contributed by atoms with Crippen molar-refractivity contribution >= 4 is 6.02 Å². The van der Waals surface area contributed by atoms with Crippen LogP contribution in [0.1, 0.15) is 43.9 Å². The molecule has 1 saturated heterocycles. The van der Waals surface area contributed by atoms with Crippen LogP contribution in [0.15, 0.2) is 29.3 Å². The summed E-state index contributed by atoms with van der Waals surface area (Å²) in [6, 6.07) is 5.99. The summed E-state index contributed by atoms with van der Waals surface area (Å²) >= 11 is 0. The van der Waals surface area contributed by atoms with Crippen LogP contribution in [0.4, 0.5) is 8.78 Å². The number of rotatable bonds is 3. The van der Waals surface area contributed by atoms with Crippen LogP contribution in [0.3, 0.4) is 0 Å². The number of benzene rings is 1. The van der Waals surface area contributed by atoms with E-state index in [4.69, 9.17) is 9.47 Å². The summed E-state index contributed by atoms with van der Waals surface area (Å²) in [6.07, 6.45) is 1.70. The molecule has 4 unspecified atom stereocenters. The van der Waals surface area contributed by atoms with Crippen molar-refractivity contribution in [3.63, 3.8) is 0 Å². The van der Waals surface area contributed by atoms with Crippen molar-refractivity contribution in [1.82, 2.24) is 15.1 Å². The third-order valence-corrected chi connectivity index (χ3v) is 8.48. The fraction of sp³-hybridized carbons (Fsp3) is 0.560. The van der Waals surface area contributed by atoms with Gasteiger partial charge in [0.2, 0.25) is 0 Å². The molecule has 0 amide bonds. The fourth-order valence-electron chi connectivity index (χ4n) is 6.73. The molecule has 0 radical (unpaired) electrons.